The van der Waals surface area contributed by atoms with E-state index < -0.39 is 10.0 Å². The highest BCUT2D eigenvalue weighted by Gasteiger charge is 2.25. The summed E-state index contributed by atoms with van der Waals surface area (Å²) < 4.78 is 33.7. The molecule has 0 bridgehead atoms. The van der Waals surface area contributed by atoms with Crippen molar-refractivity contribution in [3.05, 3.63) is 34.1 Å². The Labute approximate surface area is 152 Å². The third kappa shape index (κ3) is 3.42. The minimum absolute atomic E-state index is 0.00972. The van der Waals surface area contributed by atoms with Gasteiger partial charge in [0.1, 0.15) is 9.96 Å². The monoisotopic (exact) mass is 430 g/mol. The summed E-state index contributed by atoms with van der Waals surface area (Å²) in [5, 5.41) is 0. The average molecular weight is 431 g/mol. The molecule has 24 heavy (non-hydrogen) atoms. The van der Waals surface area contributed by atoms with Crippen molar-refractivity contribution in [1.82, 2.24) is 0 Å². The van der Waals surface area contributed by atoms with Gasteiger partial charge >= 0.3 is 0 Å². The molecule has 1 aromatic carbocycles. The predicted octanol–water partition coefficient (Wildman–Crippen LogP) is 3.45. The summed E-state index contributed by atoms with van der Waals surface area (Å²) in [4.78, 5) is 13.6. The lowest BCUT2D eigenvalue weighted by atomic mass is 10.2. The molecule has 1 amide bonds. The Hall–Kier alpha value is -1.58. The van der Waals surface area contributed by atoms with E-state index in [2.05, 4.69) is 20.7 Å². The first-order valence-corrected chi connectivity index (χ1v) is 10.3. The maximum absolute atomic E-state index is 12.4. The van der Waals surface area contributed by atoms with Crippen LogP contribution in [0.4, 0.5) is 11.4 Å². The lowest BCUT2D eigenvalue weighted by molar-refractivity contribution is -0.117. The van der Waals surface area contributed by atoms with Crippen LogP contribution in [0.2, 0.25) is 0 Å². The Morgan fingerprint density at radius 1 is 1.29 bits per heavy atom. The maximum Gasteiger partial charge on any atom is 0.271 e. The number of carbonyl (C=O) groups is 1. The third-order valence-corrected chi connectivity index (χ3v) is 7.11. The van der Waals surface area contributed by atoms with E-state index in [1.165, 1.54) is 13.2 Å². The van der Waals surface area contributed by atoms with Crippen molar-refractivity contribution in [2.24, 2.45) is 0 Å². The molecule has 2 aromatic rings. The summed E-state index contributed by atoms with van der Waals surface area (Å²) in [7, 11) is -2.15. The molecule has 6 nitrogen and oxygen atoms in total. The number of methoxy groups -OCH3 is 1. The normalized spacial score (nSPS) is 14.9. The molecule has 2 heterocycles. The van der Waals surface area contributed by atoms with Crippen molar-refractivity contribution < 1.29 is 17.9 Å². The second-order valence-corrected chi connectivity index (χ2v) is 9.57. The van der Waals surface area contributed by atoms with E-state index in [0.29, 0.717) is 30.1 Å². The molecule has 3 rings (SSSR count). The van der Waals surface area contributed by atoms with Crippen molar-refractivity contribution in [2.75, 3.05) is 23.3 Å². The van der Waals surface area contributed by atoms with Crippen LogP contribution in [0.3, 0.4) is 0 Å². The molecule has 0 atom stereocenters. The number of thiophene rings is 1. The molecule has 0 spiro atoms. The molecule has 1 fully saturated rings. The fourth-order valence-corrected chi connectivity index (χ4v) is 5.57. The Kier molecular flexibility index (Phi) is 4.84. The quantitative estimate of drug-likeness (QED) is 0.787. The van der Waals surface area contributed by atoms with Crippen molar-refractivity contribution in [3.63, 3.8) is 0 Å². The molecular weight excluding hydrogens is 416 g/mol. The average Bonchev–Trinajstić information content (AvgIpc) is 3.15. The lowest BCUT2D eigenvalue weighted by Gasteiger charge is -2.20. The summed E-state index contributed by atoms with van der Waals surface area (Å²) in [6, 6.07) is 8.11. The van der Waals surface area contributed by atoms with Gasteiger partial charge in [-0.05, 0) is 52.7 Å². The maximum atomic E-state index is 12.4. The molecule has 1 aromatic heterocycles. The SMILES string of the molecule is COc1ccc(NS(=O)(=O)c2ccc(Br)s2)cc1N1CCCC1=O. The zero-order chi connectivity index (χ0) is 17.3. The van der Waals surface area contributed by atoms with Gasteiger partial charge in [-0.1, -0.05) is 0 Å². The number of amides is 1. The Morgan fingerprint density at radius 3 is 2.67 bits per heavy atom. The van der Waals surface area contributed by atoms with E-state index in [0.717, 1.165) is 21.5 Å². The highest BCUT2D eigenvalue weighted by Crippen LogP contribution is 2.35. The largest absolute Gasteiger partial charge is 0.495 e. The minimum Gasteiger partial charge on any atom is -0.495 e. The van der Waals surface area contributed by atoms with Gasteiger partial charge in [-0.3, -0.25) is 9.52 Å². The predicted molar refractivity (Wildman–Crippen MR) is 97.4 cm³/mol. The molecule has 128 valence electrons. The van der Waals surface area contributed by atoms with Crippen molar-refractivity contribution in [3.8, 4) is 5.75 Å². The number of rotatable bonds is 5. The van der Waals surface area contributed by atoms with E-state index >= 15 is 0 Å². The molecule has 1 aliphatic heterocycles. The second-order valence-electron chi connectivity index (χ2n) is 5.20. The van der Waals surface area contributed by atoms with Gasteiger partial charge in [0.25, 0.3) is 10.0 Å². The van der Waals surface area contributed by atoms with Crippen LogP contribution in [0.1, 0.15) is 12.8 Å². The number of nitrogens with one attached hydrogen (secondary N) is 1. The van der Waals surface area contributed by atoms with Crippen LogP contribution >= 0.6 is 27.3 Å². The molecule has 0 saturated carbocycles. The number of anilines is 2. The van der Waals surface area contributed by atoms with E-state index in [1.54, 1.807) is 29.2 Å². The standard InChI is InChI=1S/C15H15BrN2O4S2/c1-22-12-5-4-10(9-11(12)18-8-2-3-14(18)19)17-24(20,21)15-7-6-13(16)23-15/h4-7,9,17H,2-3,8H2,1H3. The van der Waals surface area contributed by atoms with E-state index in [9.17, 15) is 13.2 Å². The van der Waals surface area contributed by atoms with Gasteiger partial charge in [0.05, 0.1) is 22.3 Å². The molecule has 0 aliphatic carbocycles. The summed E-state index contributed by atoms with van der Waals surface area (Å²) in [5.41, 5.74) is 0.961. The fourth-order valence-electron chi connectivity index (χ4n) is 2.51. The van der Waals surface area contributed by atoms with E-state index in [4.69, 9.17) is 4.74 Å². The number of halogens is 1. The van der Waals surface area contributed by atoms with E-state index in [1.807, 2.05) is 0 Å². The molecule has 1 saturated heterocycles. The summed E-state index contributed by atoms with van der Waals surface area (Å²) >= 11 is 4.39. The van der Waals surface area contributed by atoms with Gasteiger partial charge in [0.15, 0.2) is 0 Å². The zero-order valence-electron chi connectivity index (χ0n) is 12.8. The van der Waals surface area contributed by atoms with Crippen molar-refractivity contribution >= 4 is 54.6 Å². The number of ether oxygens (including phenoxy) is 1. The molecule has 0 radical (unpaired) electrons. The van der Waals surface area contributed by atoms with Crippen molar-refractivity contribution in [1.29, 1.82) is 0 Å². The first-order chi connectivity index (χ1) is 11.4. The van der Waals surface area contributed by atoms with Gasteiger partial charge in [-0.2, -0.15) is 0 Å². The number of carbonyl (C=O) groups excluding carboxylic acids is 1. The van der Waals surface area contributed by atoms with Gasteiger partial charge < -0.3 is 9.64 Å². The summed E-state index contributed by atoms with van der Waals surface area (Å²) in [6.07, 6.45) is 1.27. The molecule has 1 aliphatic rings. The lowest BCUT2D eigenvalue weighted by Crippen LogP contribution is -2.24. The number of hydrogen-bond acceptors (Lipinski definition) is 5. The number of hydrogen-bond donors (Lipinski definition) is 1. The molecule has 9 heteroatoms. The first-order valence-electron chi connectivity index (χ1n) is 7.17. The molecular formula is C15H15BrN2O4S2. The van der Waals surface area contributed by atoms with Gasteiger partial charge in [-0.15, -0.1) is 11.3 Å². The highest BCUT2D eigenvalue weighted by molar-refractivity contribution is 9.11. The molecule has 1 N–H and O–H groups in total. The smallest absolute Gasteiger partial charge is 0.271 e. The zero-order valence-corrected chi connectivity index (χ0v) is 16.0. The summed E-state index contributed by atoms with van der Waals surface area (Å²) in [6.45, 7) is 0.600. The number of sulfonamides is 1. The van der Waals surface area contributed by atoms with Gasteiger partial charge in [0.2, 0.25) is 5.91 Å². The fraction of sp³-hybridized carbons (Fsp3) is 0.267. The molecule has 0 unspecified atom stereocenters. The first kappa shape index (κ1) is 17.2. The summed E-state index contributed by atoms with van der Waals surface area (Å²) in [5.74, 6) is 0.544. The van der Waals surface area contributed by atoms with Gasteiger partial charge in [0, 0.05) is 13.0 Å². The van der Waals surface area contributed by atoms with Crippen LogP contribution in [-0.2, 0) is 14.8 Å². The number of benzene rings is 1. The Morgan fingerprint density at radius 2 is 2.08 bits per heavy atom. The highest BCUT2D eigenvalue weighted by atomic mass is 79.9. The Bertz CT molecular complexity index is 879. The minimum atomic E-state index is -3.67. The van der Waals surface area contributed by atoms with Crippen LogP contribution in [0.15, 0.2) is 38.3 Å². The van der Waals surface area contributed by atoms with Crippen LogP contribution in [0, 0.1) is 0 Å². The Balaban J connectivity index is 1.93. The number of nitrogens with zero attached hydrogens (tertiary/aromatic N) is 1. The third-order valence-electron chi connectivity index (χ3n) is 3.61. The van der Waals surface area contributed by atoms with Gasteiger partial charge in [-0.25, -0.2) is 8.42 Å². The van der Waals surface area contributed by atoms with E-state index in [-0.39, 0.29) is 10.1 Å². The van der Waals surface area contributed by atoms with Crippen LogP contribution in [0.25, 0.3) is 0 Å². The topological polar surface area (TPSA) is 75.7 Å². The second kappa shape index (κ2) is 6.73. The van der Waals surface area contributed by atoms with Crippen LogP contribution < -0.4 is 14.4 Å². The van der Waals surface area contributed by atoms with Crippen LogP contribution in [0.5, 0.6) is 5.75 Å². The van der Waals surface area contributed by atoms with Crippen molar-refractivity contribution in [2.45, 2.75) is 17.1 Å². The van der Waals surface area contributed by atoms with Crippen LogP contribution in [-0.4, -0.2) is 28.0 Å².